The Hall–Kier alpha value is 0.400. The molecule has 0 unspecified atom stereocenters. The van der Waals surface area contributed by atoms with Gasteiger partial charge in [-0.3, -0.25) is 0 Å². The molecule has 0 heterocycles. The van der Waals surface area contributed by atoms with E-state index in [0.717, 1.165) is 12.8 Å². The first-order chi connectivity index (χ1) is 3.06. The van der Waals surface area contributed by atoms with E-state index in [1.54, 1.807) is 0 Å². The summed E-state index contributed by atoms with van der Waals surface area (Å²) >= 11 is 3.09. The van der Waals surface area contributed by atoms with Gasteiger partial charge in [-0.15, -0.1) is 0 Å². The molecule has 44 valence electrons. The highest BCUT2D eigenvalue weighted by molar-refractivity contribution is 9.10. The minimum absolute atomic E-state index is 0.637. The van der Waals surface area contributed by atoms with Crippen molar-refractivity contribution in [1.29, 1.82) is 0 Å². The molecule has 0 bridgehead atoms. The Morgan fingerprint density at radius 1 is 1.57 bits per heavy atom. The number of rotatable bonds is 2. The monoisotopic (exact) mass is 166 g/mol. The van der Waals surface area contributed by atoms with Crippen LogP contribution in [0.15, 0.2) is 0 Å². The second-order valence-corrected chi connectivity index (χ2v) is 3.15. The van der Waals surface area contributed by atoms with Gasteiger partial charge in [0, 0.05) is 0 Å². The normalized spacial score (nSPS) is 12.0. The van der Waals surface area contributed by atoms with Crippen molar-refractivity contribution < 1.29 is 0 Å². The smallest absolute Gasteiger partial charge is 0.121 e. The van der Waals surface area contributed by atoms with Crippen LogP contribution in [0.5, 0.6) is 0 Å². The molecule has 3 heteroatoms. The van der Waals surface area contributed by atoms with Crippen LogP contribution in [0, 0.1) is 0 Å². The molecule has 0 fully saturated rings. The fraction of sp³-hybridized carbons (Fsp3) is 1.00. The van der Waals surface area contributed by atoms with Crippen molar-refractivity contribution >= 4 is 15.9 Å². The number of alkyl halides is 1. The maximum Gasteiger partial charge on any atom is 0.121 e. The molecule has 0 radical (unpaired) electrons. The van der Waals surface area contributed by atoms with Crippen LogP contribution >= 0.6 is 15.9 Å². The largest absolute Gasteiger partial charge is 0.304 e. The van der Waals surface area contributed by atoms with E-state index in [1.165, 1.54) is 0 Å². The molecule has 0 spiro atoms. The van der Waals surface area contributed by atoms with Gasteiger partial charge in [0.05, 0.1) is 0 Å². The average molecular weight is 167 g/mol. The summed E-state index contributed by atoms with van der Waals surface area (Å²) in [6.07, 6.45) is 1.82. The van der Waals surface area contributed by atoms with Gasteiger partial charge < -0.3 is 11.5 Å². The Bertz CT molecular complexity index is 48.1. The Kier molecular flexibility index (Phi) is 2.80. The molecule has 0 aliphatic rings. The number of hydrogen-bond donors (Lipinski definition) is 2. The lowest BCUT2D eigenvalue weighted by Gasteiger charge is -2.13. The van der Waals surface area contributed by atoms with Crippen molar-refractivity contribution in [1.82, 2.24) is 0 Å². The lowest BCUT2D eigenvalue weighted by Crippen LogP contribution is -2.42. The van der Waals surface area contributed by atoms with E-state index < -0.39 is 4.57 Å². The molecule has 0 aromatic rings. The highest BCUT2D eigenvalue weighted by Gasteiger charge is 2.09. The van der Waals surface area contributed by atoms with Crippen molar-refractivity contribution in [2.75, 3.05) is 0 Å². The van der Waals surface area contributed by atoms with Gasteiger partial charge in [-0.2, -0.15) is 0 Å². The molecule has 0 aromatic heterocycles. The van der Waals surface area contributed by atoms with Crippen LogP contribution < -0.4 is 11.5 Å². The summed E-state index contributed by atoms with van der Waals surface area (Å²) < 4.78 is -0.637. The molecule has 0 aliphatic heterocycles. The summed E-state index contributed by atoms with van der Waals surface area (Å²) in [5.74, 6) is 0. The lowest BCUT2D eigenvalue weighted by atomic mass is 10.3. The van der Waals surface area contributed by atoms with E-state index in [9.17, 15) is 0 Å². The van der Waals surface area contributed by atoms with Gasteiger partial charge in [-0.1, -0.05) is 29.3 Å². The third kappa shape index (κ3) is 6.40. The number of halogens is 1. The first-order valence-corrected chi connectivity index (χ1v) is 3.12. The van der Waals surface area contributed by atoms with Gasteiger partial charge in [-0.25, -0.2) is 0 Å². The minimum atomic E-state index is -0.637. The molecule has 4 N–H and O–H groups in total. The maximum atomic E-state index is 5.34. The second kappa shape index (κ2) is 2.64. The van der Waals surface area contributed by atoms with Crippen LogP contribution in [0.4, 0.5) is 0 Å². The van der Waals surface area contributed by atoms with E-state index in [2.05, 4.69) is 15.9 Å². The molecule has 0 aromatic carbocycles. The van der Waals surface area contributed by atoms with E-state index in [1.807, 2.05) is 6.92 Å². The van der Waals surface area contributed by atoms with Crippen LogP contribution in [0.1, 0.15) is 19.8 Å². The zero-order chi connectivity index (χ0) is 5.91. The van der Waals surface area contributed by atoms with Gasteiger partial charge >= 0.3 is 0 Å². The van der Waals surface area contributed by atoms with Crippen LogP contribution in [-0.4, -0.2) is 4.57 Å². The van der Waals surface area contributed by atoms with Crippen molar-refractivity contribution in [3.05, 3.63) is 0 Å². The van der Waals surface area contributed by atoms with Gasteiger partial charge in [0.2, 0.25) is 0 Å². The molecule has 0 aliphatic carbocycles. The third-order valence-electron chi connectivity index (χ3n) is 0.633. The lowest BCUT2D eigenvalue weighted by molar-refractivity contribution is 0.587. The average Bonchev–Trinajstić information content (AvgIpc) is 1.30. The van der Waals surface area contributed by atoms with Gasteiger partial charge in [0.25, 0.3) is 0 Å². The Morgan fingerprint density at radius 3 is 2.00 bits per heavy atom. The highest BCUT2D eigenvalue weighted by Crippen LogP contribution is 2.08. The topological polar surface area (TPSA) is 52.0 Å². The standard InChI is InChI=1S/C4H11BrN2/c1-2-3-4(5,6)7/h2-3,6-7H2,1H3. The molecule has 0 rings (SSSR count). The fourth-order valence-corrected chi connectivity index (χ4v) is 0.780. The molecule has 7 heavy (non-hydrogen) atoms. The molecule has 0 saturated carbocycles. The van der Waals surface area contributed by atoms with Gasteiger partial charge in [0.1, 0.15) is 4.57 Å². The van der Waals surface area contributed by atoms with Crippen molar-refractivity contribution in [3.8, 4) is 0 Å². The summed E-state index contributed by atoms with van der Waals surface area (Å²) in [7, 11) is 0. The Labute approximate surface area is 52.4 Å². The third-order valence-corrected chi connectivity index (χ3v) is 1.03. The first kappa shape index (κ1) is 7.40. The molecular formula is C4H11BrN2. The molecule has 0 saturated heterocycles. The quantitative estimate of drug-likeness (QED) is 0.362. The summed E-state index contributed by atoms with van der Waals surface area (Å²) in [5.41, 5.74) is 10.7. The zero-order valence-electron chi connectivity index (χ0n) is 4.45. The van der Waals surface area contributed by atoms with Crippen LogP contribution in [0.25, 0.3) is 0 Å². The second-order valence-electron chi connectivity index (χ2n) is 1.68. The number of hydrogen-bond acceptors (Lipinski definition) is 2. The van der Waals surface area contributed by atoms with E-state index in [4.69, 9.17) is 11.5 Å². The van der Waals surface area contributed by atoms with Crippen molar-refractivity contribution in [3.63, 3.8) is 0 Å². The van der Waals surface area contributed by atoms with Crippen molar-refractivity contribution in [2.24, 2.45) is 11.5 Å². The molecular weight excluding hydrogens is 156 g/mol. The number of nitrogens with two attached hydrogens (primary N) is 2. The minimum Gasteiger partial charge on any atom is -0.304 e. The highest BCUT2D eigenvalue weighted by atomic mass is 79.9. The molecule has 0 atom stereocenters. The van der Waals surface area contributed by atoms with Gasteiger partial charge in [-0.05, 0) is 6.42 Å². The SMILES string of the molecule is CCCC(N)(N)Br. The zero-order valence-corrected chi connectivity index (χ0v) is 6.03. The summed E-state index contributed by atoms with van der Waals surface area (Å²) in [4.78, 5) is 0. The predicted octanol–water partition coefficient (Wildman–Crippen LogP) is 0.753. The van der Waals surface area contributed by atoms with Crippen LogP contribution in [0.2, 0.25) is 0 Å². The van der Waals surface area contributed by atoms with E-state index >= 15 is 0 Å². The van der Waals surface area contributed by atoms with Gasteiger partial charge in [0.15, 0.2) is 0 Å². The van der Waals surface area contributed by atoms with E-state index in [0.29, 0.717) is 0 Å². The summed E-state index contributed by atoms with van der Waals surface area (Å²) in [5, 5.41) is 0. The maximum absolute atomic E-state index is 5.34. The summed E-state index contributed by atoms with van der Waals surface area (Å²) in [6, 6.07) is 0. The van der Waals surface area contributed by atoms with Crippen LogP contribution in [0.3, 0.4) is 0 Å². The molecule has 0 amide bonds. The summed E-state index contributed by atoms with van der Waals surface area (Å²) in [6.45, 7) is 2.04. The Balaban J connectivity index is 3.15. The fourth-order valence-electron chi connectivity index (χ4n) is 0.383. The van der Waals surface area contributed by atoms with E-state index in [-0.39, 0.29) is 0 Å². The predicted molar refractivity (Wildman–Crippen MR) is 34.9 cm³/mol. The first-order valence-electron chi connectivity index (χ1n) is 2.33. The molecule has 2 nitrogen and oxygen atoms in total. The van der Waals surface area contributed by atoms with Crippen molar-refractivity contribution in [2.45, 2.75) is 24.3 Å². The van der Waals surface area contributed by atoms with Crippen LogP contribution in [-0.2, 0) is 0 Å². The Morgan fingerprint density at radius 2 is 2.00 bits per heavy atom.